The quantitative estimate of drug-likeness (QED) is 0.386. The monoisotopic (exact) mass is 481 g/mol. The van der Waals surface area contributed by atoms with Crippen LogP contribution in [-0.4, -0.2) is 60.0 Å². The molecule has 1 aromatic carbocycles. The number of nitrogens with zero attached hydrogens (tertiary/aromatic N) is 5. The number of primary amides is 1. The van der Waals surface area contributed by atoms with E-state index in [0.29, 0.717) is 12.1 Å². The molecular formula is C18H24IN7O. The summed E-state index contributed by atoms with van der Waals surface area (Å²) in [5.74, 6) is 1.18. The first kappa shape index (κ1) is 20.9. The van der Waals surface area contributed by atoms with Crippen molar-refractivity contribution in [3.8, 4) is 0 Å². The summed E-state index contributed by atoms with van der Waals surface area (Å²) in [6.45, 7) is 3.91. The van der Waals surface area contributed by atoms with Crippen LogP contribution in [0.3, 0.4) is 0 Å². The van der Waals surface area contributed by atoms with Crippen LogP contribution in [0.2, 0.25) is 0 Å². The van der Waals surface area contributed by atoms with E-state index in [1.807, 2.05) is 18.2 Å². The third kappa shape index (κ3) is 5.52. The molecule has 0 radical (unpaired) electrons. The van der Waals surface area contributed by atoms with Crippen LogP contribution in [0.5, 0.6) is 0 Å². The first-order valence-electron chi connectivity index (χ1n) is 8.53. The van der Waals surface area contributed by atoms with E-state index >= 15 is 0 Å². The van der Waals surface area contributed by atoms with Crippen LogP contribution >= 0.6 is 24.0 Å². The van der Waals surface area contributed by atoms with Crippen LogP contribution in [0.25, 0.3) is 0 Å². The molecule has 2 aromatic rings. The van der Waals surface area contributed by atoms with Crippen LogP contribution in [0, 0.1) is 0 Å². The van der Waals surface area contributed by atoms with Gasteiger partial charge >= 0.3 is 0 Å². The number of aliphatic imine (C=N–C) groups is 1. The molecule has 1 aromatic heterocycles. The molecule has 0 spiro atoms. The Morgan fingerprint density at radius 2 is 1.89 bits per heavy atom. The number of hydrogen-bond acceptors (Lipinski definition) is 5. The van der Waals surface area contributed by atoms with E-state index in [2.05, 4.69) is 30.1 Å². The maximum Gasteiger partial charge on any atom is 0.248 e. The summed E-state index contributed by atoms with van der Waals surface area (Å²) >= 11 is 0. The van der Waals surface area contributed by atoms with Gasteiger partial charge in [-0.1, -0.05) is 12.1 Å². The minimum Gasteiger partial charge on any atom is -0.366 e. The molecule has 144 valence electrons. The zero-order chi connectivity index (χ0) is 18.4. The van der Waals surface area contributed by atoms with Gasteiger partial charge in [0.25, 0.3) is 0 Å². The minimum absolute atomic E-state index is 0. The van der Waals surface area contributed by atoms with Crippen LogP contribution < -0.4 is 16.0 Å². The number of nitrogens with one attached hydrogen (secondary N) is 1. The molecule has 0 atom stereocenters. The largest absolute Gasteiger partial charge is 0.366 e. The van der Waals surface area contributed by atoms with Gasteiger partial charge in [-0.2, -0.15) is 0 Å². The summed E-state index contributed by atoms with van der Waals surface area (Å²) in [6, 6.07) is 9.12. The van der Waals surface area contributed by atoms with E-state index < -0.39 is 5.91 Å². The lowest BCUT2D eigenvalue weighted by molar-refractivity contribution is 0.1000. The number of guanidine groups is 1. The molecule has 8 nitrogen and oxygen atoms in total. The number of amides is 1. The Labute approximate surface area is 175 Å². The predicted molar refractivity (Wildman–Crippen MR) is 116 cm³/mol. The van der Waals surface area contributed by atoms with Gasteiger partial charge < -0.3 is 20.9 Å². The summed E-state index contributed by atoms with van der Waals surface area (Å²) < 4.78 is 0. The van der Waals surface area contributed by atoms with Crippen molar-refractivity contribution in [1.82, 2.24) is 20.2 Å². The summed E-state index contributed by atoms with van der Waals surface area (Å²) in [7, 11) is 1.77. The van der Waals surface area contributed by atoms with E-state index in [4.69, 9.17) is 5.73 Å². The van der Waals surface area contributed by atoms with Crippen molar-refractivity contribution < 1.29 is 4.79 Å². The minimum atomic E-state index is -0.421. The van der Waals surface area contributed by atoms with Crippen molar-refractivity contribution in [2.75, 3.05) is 38.1 Å². The smallest absolute Gasteiger partial charge is 0.248 e. The molecule has 9 heteroatoms. The molecule has 3 N–H and O–H groups in total. The van der Waals surface area contributed by atoms with E-state index in [9.17, 15) is 4.79 Å². The molecule has 1 aliphatic rings. The number of rotatable bonds is 4. The normalized spacial score (nSPS) is 14.5. The van der Waals surface area contributed by atoms with E-state index in [1.165, 1.54) is 0 Å². The number of halogens is 1. The fourth-order valence-corrected chi connectivity index (χ4v) is 2.92. The SMILES string of the molecule is CN=C(NCc1cccc(C(N)=O)c1)N1CCN(c2ncccn2)CC1.I. The van der Waals surface area contributed by atoms with Crippen LogP contribution in [0.1, 0.15) is 15.9 Å². The van der Waals surface area contributed by atoms with Crippen molar-refractivity contribution in [3.63, 3.8) is 0 Å². The topological polar surface area (TPSA) is 99.7 Å². The standard InChI is InChI=1S/C18H23N7O.HI/c1-20-17(23-13-14-4-2-5-15(12-14)16(19)26)24-8-10-25(11-9-24)18-21-6-3-7-22-18;/h2-7,12H,8-11,13H2,1H3,(H2,19,26)(H,20,23);1H. The maximum atomic E-state index is 11.3. The molecule has 0 bridgehead atoms. The molecule has 0 saturated carbocycles. The third-order valence-electron chi connectivity index (χ3n) is 4.29. The average Bonchev–Trinajstić information content (AvgIpc) is 2.70. The van der Waals surface area contributed by atoms with Crippen molar-refractivity contribution in [2.45, 2.75) is 6.54 Å². The number of aromatic nitrogens is 2. The second kappa shape index (κ2) is 10.0. The molecule has 0 unspecified atom stereocenters. The number of carbonyl (C=O) groups is 1. The highest BCUT2D eigenvalue weighted by Gasteiger charge is 2.21. The van der Waals surface area contributed by atoms with Crippen molar-refractivity contribution >= 4 is 41.8 Å². The second-order valence-corrected chi connectivity index (χ2v) is 5.99. The Morgan fingerprint density at radius 3 is 2.52 bits per heavy atom. The number of benzene rings is 1. The number of nitrogens with two attached hydrogens (primary N) is 1. The lowest BCUT2D eigenvalue weighted by Crippen LogP contribution is -2.52. The van der Waals surface area contributed by atoms with E-state index in [1.54, 1.807) is 31.6 Å². The Kier molecular flexibility index (Phi) is 7.77. The highest BCUT2D eigenvalue weighted by molar-refractivity contribution is 14.0. The molecule has 27 heavy (non-hydrogen) atoms. The van der Waals surface area contributed by atoms with Gasteiger partial charge in [0.2, 0.25) is 11.9 Å². The van der Waals surface area contributed by atoms with Crippen LogP contribution in [0.15, 0.2) is 47.7 Å². The van der Waals surface area contributed by atoms with Gasteiger partial charge in [0.1, 0.15) is 0 Å². The molecule has 1 saturated heterocycles. The highest BCUT2D eigenvalue weighted by Crippen LogP contribution is 2.10. The zero-order valence-corrected chi connectivity index (χ0v) is 17.5. The molecule has 0 aliphatic carbocycles. The summed E-state index contributed by atoms with van der Waals surface area (Å²) in [5, 5.41) is 3.35. The fourth-order valence-electron chi connectivity index (χ4n) is 2.92. The number of piperazine rings is 1. The third-order valence-corrected chi connectivity index (χ3v) is 4.29. The highest BCUT2D eigenvalue weighted by atomic mass is 127. The van der Waals surface area contributed by atoms with Gasteiger partial charge in [0, 0.05) is 57.7 Å². The lowest BCUT2D eigenvalue weighted by atomic mass is 10.1. The van der Waals surface area contributed by atoms with Gasteiger partial charge in [0.05, 0.1) is 0 Å². The predicted octanol–water partition coefficient (Wildman–Crippen LogP) is 1.09. The zero-order valence-electron chi connectivity index (χ0n) is 15.2. The fraction of sp³-hybridized carbons (Fsp3) is 0.333. The van der Waals surface area contributed by atoms with E-state index in [-0.39, 0.29) is 24.0 Å². The first-order chi connectivity index (χ1) is 12.7. The molecule has 1 fully saturated rings. The Bertz CT molecular complexity index is 776. The molecule has 1 aliphatic heterocycles. The van der Waals surface area contributed by atoms with E-state index in [0.717, 1.165) is 43.7 Å². The average molecular weight is 481 g/mol. The van der Waals surface area contributed by atoms with Crippen molar-refractivity contribution in [3.05, 3.63) is 53.9 Å². The van der Waals surface area contributed by atoms with Gasteiger partial charge in [-0.15, -0.1) is 24.0 Å². The van der Waals surface area contributed by atoms with Crippen molar-refractivity contribution in [1.29, 1.82) is 0 Å². The van der Waals surface area contributed by atoms with Crippen LogP contribution in [0.4, 0.5) is 5.95 Å². The Morgan fingerprint density at radius 1 is 1.19 bits per heavy atom. The van der Waals surface area contributed by atoms with Gasteiger partial charge in [-0.25, -0.2) is 9.97 Å². The Balaban J connectivity index is 0.00000261. The van der Waals surface area contributed by atoms with Gasteiger partial charge in [-0.3, -0.25) is 9.79 Å². The van der Waals surface area contributed by atoms with Gasteiger partial charge in [0.15, 0.2) is 5.96 Å². The molecule has 2 heterocycles. The number of carbonyl (C=O) groups excluding carboxylic acids is 1. The molecular weight excluding hydrogens is 457 g/mol. The Hall–Kier alpha value is -2.43. The van der Waals surface area contributed by atoms with Crippen molar-refractivity contribution in [2.24, 2.45) is 10.7 Å². The summed E-state index contributed by atoms with van der Waals surface area (Å²) in [6.07, 6.45) is 3.52. The lowest BCUT2D eigenvalue weighted by Gasteiger charge is -2.36. The molecule has 1 amide bonds. The summed E-state index contributed by atoms with van der Waals surface area (Å²) in [5.41, 5.74) is 6.83. The van der Waals surface area contributed by atoms with Gasteiger partial charge in [-0.05, 0) is 23.8 Å². The number of hydrogen-bond donors (Lipinski definition) is 2. The van der Waals surface area contributed by atoms with Crippen LogP contribution in [-0.2, 0) is 6.54 Å². The summed E-state index contributed by atoms with van der Waals surface area (Å²) in [4.78, 5) is 28.6. The maximum absolute atomic E-state index is 11.3. The second-order valence-electron chi connectivity index (χ2n) is 5.99. The number of anilines is 1. The molecule has 3 rings (SSSR count). The first-order valence-corrected chi connectivity index (χ1v) is 8.53.